The maximum absolute atomic E-state index is 11.6. The van der Waals surface area contributed by atoms with E-state index in [4.69, 9.17) is 10.7 Å². The number of hydrogen-bond donors (Lipinski definition) is 2. The highest BCUT2D eigenvalue weighted by Gasteiger charge is 2.41. The van der Waals surface area contributed by atoms with Gasteiger partial charge >= 0.3 is 0 Å². The fourth-order valence-electron chi connectivity index (χ4n) is 6.07. The molecule has 9 nitrogen and oxygen atoms in total. The van der Waals surface area contributed by atoms with Crippen molar-refractivity contribution in [2.45, 2.75) is 38.3 Å². The molecule has 3 N–H and O–H groups in total. The van der Waals surface area contributed by atoms with E-state index in [9.17, 15) is 4.79 Å². The van der Waals surface area contributed by atoms with Crippen molar-refractivity contribution in [3.05, 3.63) is 54.4 Å². The van der Waals surface area contributed by atoms with Crippen LogP contribution in [0.2, 0.25) is 0 Å². The number of fused-ring (bicyclic) bond motifs is 2. The molecule has 1 amide bonds. The van der Waals surface area contributed by atoms with Gasteiger partial charge in [0.15, 0.2) is 0 Å². The summed E-state index contributed by atoms with van der Waals surface area (Å²) >= 11 is 0. The molecule has 3 aromatic rings. The predicted molar refractivity (Wildman–Crippen MR) is 146 cm³/mol. The van der Waals surface area contributed by atoms with Crippen molar-refractivity contribution in [3.8, 4) is 11.3 Å². The van der Waals surface area contributed by atoms with E-state index in [2.05, 4.69) is 62.2 Å². The van der Waals surface area contributed by atoms with Crippen LogP contribution in [0.3, 0.4) is 0 Å². The van der Waals surface area contributed by atoms with Gasteiger partial charge in [0.25, 0.3) is 0 Å². The van der Waals surface area contributed by atoms with Crippen molar-refractivity contribution in [1.82, 2.24) is 19.9 Å². The third-order valence-electron chi connectivity index (χ3n) is 8.12. The number of piperidine rings is 1. The van der Waals surface area contributed by atoms with Crippen molar-refractivity contribution >= 4 is 29.0 Å². The molecule has 0 radical (unpaired) electrons. The second kappa shape index (κ2) is 9.63. The molecule has 9 heteroatoms. The minimum Gasteiger partial charge on any atom is -0.369 e. The van der Waals surface area contributed by atoms with Crippen molar-refractivity contribution < 1.29 is 4.79 Å². The third-order valence-corrected chi connectivity index (χ3v) is 8.12. The average molecular weight is 499 g/mol. The maximum Gasteiger partial charge on any atom is 0.227 e. The third kappa shape index (κ3) is 4.71. The molecular weight excluding hydrogens is 464 g/mol. The normalized spacial score (nSPS) is 23.5. The number of anilines is 4. The number of carbonyl (C=O) groups excluding carboxylic acids is 1. The first kappa shape index (κ1) is 23.7. The highest BCUT2D eigenvalue weighted by Crippen LogP contribution is 2.36. The van der Waals surface area contributed by atoms with Crippen molar-refractivity contribution in [3.63, 3.8) is 0 Å². The molecule has 3 aliphatic rings. The smallest absolute Gasteiger partial charge is 0.227 e. The first-order chi connectivity index (χ1) is 17.9. The molecule has 3 unspecified atom stereocenters. The summed E-state index contributed by atoms with van der Waals surface area (Å²) in [5.74, 6) is 1.06. The van der Waals surface area contributed by atoms with Gasteiger partial charge in [0.2, 0.25) is 11.9 Å². The second-order valence-electron chi connectivity index (χ2n) is 10.6. The molecule has 5 heterocycles. The number of benzene rings is 1. The standard InChI is InChI=1S/C28H34N8O/c1-18-12-21(6-7-25(18)36-17-22-13-23(36)16-34(22)2)32-28-30-10-9-24(33-28)19-5-8-26(31-14-19)35-11-3-4-20(15-35)27(29)37/h5-10,12,14,20,22-23H,3-4,11,13,15-17H2,1-2H3,(H2,29,37)(H,30,32,33). The van der Waals surface area contributed by atoms with Crippen LogP contribution >= 0.6 is 0 Å². The zero-order valence-electron chi connectivity index (χ0n) is 21.5. The van der Waals surface area contributed by atoms with Gasteiger partial charge in [-0.25, -0.2) is 15.0 Å². The molecule has 3 fully saturated rings. The number of carbonyl (C=O) groups is 1. The summed E-state index contributed by atoms with van der Waals surface area (Å²) < 4.78 is 0. The second-order valence-corrected chi connectivity index (χ2v) is 10.6. The van der Waals surface area contributed by atoms with E-state index in [0.29, 0.717) is 24.6 Å². The Kier molecular flexibility index (Phi) is 6.16. The average Bonchev–Trinajstić information content (AvgIpc) is 3.49. The lowest BCUT2D eigenvalue weighted by molar-refractivity contribution is -0.122. The summed E-state index contributed by atoms with van der Waals surface area (Å²) in [7, 11) is 2.23. The molecule has 0 spiro atoms. The van der Waals surface area contributed by atoms with Crippen LogP contribution in [0, 0.1) is 12.8 Å². The Morgan fingerprint density at radius 3 is 2.68 bits per heavy atom. The Bertz CT molecular complexity index is 1290. The van der Waals surface area contributed by atoms with Crippen molar-refractivity contribution in [2.75, 3.05) is 48.3 Å². The summed E-state index contributed by atoms with van der Waals surface area (Å²) in [5, 5.41) is 3.37. The van der Waals surface area contributed by atoms with Gasteiger partial charge in [-0.3, -0.25) is 9.69 Å². The van der Waals surface area contributed by atoms with Crippen LogP contribution in [0.1, 0.15) is 24.8 Å². The molecule has 2 aromatic heterocycles. The highest BCUT2D eigenvalue weighted by molar-refractivity contribution is 5.77. The number of aromatic nitrogens is 3. The van der Waals surface area contributed by atoms with Crippen LogP contribution in [-0.2, 0) is 4.79 Å². The van der Waals surface area contributed by atoms with Crippen LogP contribution < -0.4 is 20.9 Å². The van der Waals surface area contributed by atoms with Crippen LogP contribution in [0.25, 0.3) is 11.3 Å². The van der Waals surface area contributed by atoms with Crippen LogP contribution in [-0.4, -0.2) is 71.1 Å². The Hall–Kier alpha value is -3.72. The number of nitrogens with one attached hydrogen (secondary N) is 1. The molecule has 0 saturated carbocycles. The molecule has 2 bridgehead atoms. The number of nitrogens with zero attached hydrogens (tertiary/aromatic N) is 6. The number of piperazine rings is 1. The van der Waals surface area contributed by atoms with Crippen LogP contribution in [0.4, 0.5) is 23.1 Å². The molecule has 3 saturated heterocycles. The number of rotatable bonds is 6. The Labute approximate surface area is 217 Å². The van der Waals surface area contributed by atoms with Gasteiger partial charge in [-0.1, -0.05) is 0 Å². The first-order valence-corrected chi connectivity index (χ1v) is 13.1. The van der Waals surface area contributed by atoms with Gasteiger partial charge < -0.3 is 20.9 Å². The van der Waals surface area contributed by atoms with E-state index in [1.165, 1.54) is 17.7 Å². The van der Waals surface area contributed by atoms with Gasteiger partial charge in [0.05, 0.1) is 11.6 Å². The molecule has 192 valence electrons. The number of likely N-dealkylation sites (N-methyl/N-ethyl adjacent to an activating group) is 1. The van der Waals surface area contributed by atoms with E-state index in [1.807, 2.05) is 24.4 Å². The predicted octanol–water partition coefficient (Wildman–Crippen LogP) is 3.19. The SMILES string of the molecule is Cc1cc(Nc2nccc(-c3ccc(N4CCCC(C(N)=O)C4)nc3)n2)ccc1N1CC2CC1CN2C. The molecular formula is C28H34N8O. The molecule has 6 rings (SSSR count). The minimum absolute atomic E-state index is 0.115. The quantitative estimate of drug-likeness (QED) is 0.534. The number of hydrogen-bond acceptors (Lipinski definition) is 8. The monoisotopic (exact) mass is 498 g/mol. The van der Waals surface area contributed by atoms with E-state index in [1.54, 1.807) is 6.20 Å². The number of pyridine rings is 1. The van der Waals surface area contributed by atoms with E-state index < -0.39 is 0 Å². The van der Waals surface area contributed by atoms with Gasteiger partial charge in [0.1, 0.15) is 5.82 Å². The van der Waals surface area contributed by atoms with Crippen molar-refractivity contribution in [2.24, 2.45) is 11.7 Å². The summed E-state index contributed by atoms with van der Waals surface area (Å²) in [6, 6.07) is 13.7. The van der Waals surface area contributed by atoms with Gasteiger partial charge in [-0.2, -0.15) is 0 Å². The van der Waals surface area contributed by atoms with Crippen LogP contribution in [0.15, 0.2) is 48.8 Å². The summed E-state index contributed by atoms with van der Waals surface area (Å²) in [6.07, 6.45) is 6.64. The lowest BCUT2D eigenvalue weighted by atomic mass is 9.97. The molecule has 3 aliphatic heterocycles. The van der Waals surface area contributed by atoms with Crippen molar-refractivity contribution in [1.29, 1.82) is 0 Å². The number of aryl methyl sites for hydroxylation is 1. The lowest BCUT2D eigenvalue weighted by Crippen LogP contribution is -2.44. The van der Waals surface area contributed by atoms with E-state index in [-0.39, 0.29) is 11.8 Å². The largest absolute Gasteiger partial charge is 0.369 e. The summed E-state index contributed by atoms with van der Waals surface area (Å²) in [5.41, 5.74) is 10.8. The fraction of sp³-hybridized carbons (Fsp3) is 0.429. The van der Waals surface area contributed by atoms with E-state index in [0.717, 1.165) is 55.2 Å². The summed E-state index contributed by atoms with van der Waals surface area (Å²) in [6.45, 7) is 5.93. The molecule has 3 atom stereocenters. The number of amides is 1. The maximum atomic E-state index is 11.6. The van der Waals surface area contributed by atoms with E-state index >= 15 is 0 Å². The topological polar surface area (TPSA) is 104 Å². The van der Waals surface area contributed by atoms with Gasteiger partial charge in [0, 0.05) is 67.6 Å². The Balaban J connectivity index is 1.14. The highest BCUT2D eigenvalue weighted by atomic mass is 16.1. The van der Waals surface area contributed by atoms with Gasteiger partial charge in [-0.05, 0) is 75.2 Å². The molecule has 37 heavy (non-hydrogen) atoms. The Morgan fingerprint density at radius 2 is 1.97 bits per heavy atom. The molecule has 0 aliphatic carbocycles. The summed E-state index contributed by atoms with van der Waals surface area (Å²) in [4.78, 5) is 32.6. The molecule has 1 aromatic carbocycles. The minimum atomic E-state index is -0.233. The fourth-order valence-corrected chi connectivity index (χ4v) is 6.07. The number of nitrogens with two attached hydrogens (primary N) is 1. The lowest BCUT2D eigenvalue weighted by Gasteiger charge is -2.34. The zero-order valence-corrected chi connectivity index (χ0v) is 21.5. The van der Waals surface area contributed by atoms with Crippen LogP contribution in [0.5, 0.6) is 0 Å². The zero-order chi connectivity index (χ0) is 25.5. The number of primary amides is 1. The number of likely N-dealkylation sites (tertiary alicyclic amines) is 1. The van der Waals surface area contributed by atoms with Gasteiger partial charge in [-0.15, -0.1) is 0 Å². The Morgan fingerprint density at radius 1 is 1.08 bits per heavy atom. The first-order valence-electron chi connectivity index (χ1n) is 13.1.